The van der Waals surface area contributed by atoms with Crippen molar-refractivity contribution < 1.29 is 4.79 Å². The molecule has 2 N–H and O–H groups in total. The number of halogens is 2. The lowest BCUT2D eigenvalue weighted by Crippen LogP contribution is -2.12. The Morgan fingerprint density at radius 3 is 2.88 bits per heavy atom. The minimum absolute atomic E-state index is 0.289. The standard InChI is InChI=1S/C9H6Cl2N4O/c10-5-1-2-7(11)6(3-5)9(16)13-8-4-12-15-14-8/h1-4H,(H2,12,13,14,15,16). The molecule has 82 valence electrons. The topological polar surface area (TPSA) is 70.7 Å². The number of carbonyl (C=O) groups is 1. The molecule has 0 bridgehead atoms. The van der Waals surface area contributed by atoms with E-state index in [1.54, 1.807) is 12.1 Å². The summed E-state index contributed by atoms with van der Waals surface area (Å²) in [6.07, 6.45) is 1.39. The molecule has 0 unspecified atom stereocenters. The molecule has 0 spiro atoms. The molecule has 0 atom stereocenters. The quantitative estimate of drug-likeness (QED) is 0.867. The number of nitrogens with zero attached hydrogens (tertiary/aromatic N) is 2. The number of carbonyl (C=O) groups excluding carboxylic acids is 1. The lowest BCUT2D eigenvalue weighted by Gasteiger charge is -2.03. The van der Waals surface area contributed by atoms with Crippen molar-refractivity contribution in [2.75, 3.05) is 5.32 Å². The number of benzene rings is 1. The van der Waals surface area contributed by atoms with E-state index in [1.165, 1.54) is 12.3 Å². The number of aromatic nitrogens is 3. The average Bonchev–Trinajstić information content (AvgIpc) is 2.74. The third kappa shape index (κ3) is 2.32. The van der Waals surface area contributed by atoms with Crippen molar-refractivity contribution in [1.29, 1.82) is 0 Å². The molecule has 1 amide bonds. The first kappa shape index (κ1) is 10.9. The smallest absolute Gasteiger partial charge is 0.258 e. The van der Waals surface area contributed by atoms with Crippen molar-refractivity contribution in [3.63, 3.8) is 0 Å². The molecule has 0 aliphatic carbocycles. The van der Waals surface area contributed by atoms with Crippen LogP contribution in [0, 0.1) is 0 Å². The van der Waals surface area contributed by atoms with Gasteiger partial charge in [-0.3, -0.25) is 4.79 Å². The van der Waals surface area contributed by atoms with Crippen LogP contribution in [0.5, 0.6) is 0 Å². The number of aromatic amines is 1. The molecule has 16 heavy (non-hydrogen) atoms. The van der Waals surface area contributed by atoms with E-state index < -0.39 is 0 Å². The number of hydrogen-bond acceptors (Lipinski definition) is 3. The summed E-state index contributed by atoms with van der Waals surface area (Å²) in [6.45, 7) is 0. The predicted molar refractivity (Wildman–Crippen MR) is 60.8 cm³/mol. The van der Waals surface area contributed by atoms with Crippen LogP contribution in [0.25, 0.3) is 0 Å². The van der Waals surface area contributed by atoms with Crippen LogP contribution in [0.3, 0.4) is 0 Å². The first-order chi connectivity index (χ1) is 7.66. The molecule has 1 aromatic heterocycles. The minimum Gasteiger partial charge on any atom is -0.304 e. The van der Waals surface area contributed by atoms with Gasteiger partial charge in [-0.2, -0.15) is 10.3 Å². The van der Waals surface area contributed by atoms with Gasteiger partial charge in [-0.05, 0) is 18.2 Å². The maximum absolute atomic E-state index is 11.7. The SMILES string of the molecule is O=C(Nc1cn[nH]n1)c1cc(Cl)ccc1Cl. The van der Waals surface area contributed by atoms with Gasteiger partial charge in [0.15, 0.2) is 5.82 Å². The Bertz CT molecular complexity index is 512. The fraction of sp³-hybridized carbons (Fsp3) is 0. The summed E-state index contributed by atoms with van der Waals surface area (Å²) < 4.78 is 0. The Kier molecular flexibility index (Phi) is 3.07. The highest BCUT2D eigenvalue weighted by atomic mass is 35.5. The molecule has 1 heterocycles. The van der Waals surface area contributed by atoms with Crippen LogP contribution >= 0.6 is 23.2 Å². The molecule has 2 aromatic rings. The van der Waals surface area contributed by atoms with E-state index in [-0.39, 0.29) is 11.5 Å². The van der Waals surface area contributed by atoms with Gasteiger partial charge in [0.1, 0.15) is 0 Å². The molecule has 0 fully saturated rings. The van der Waals surface area contributed by atoms with Crippen LogP contribution in [0.1, 0.15) is 10.4 Å². The van der Waals surface area contributed by atoms with Gasteiger partial charge in [0.05, 0.1) is 16.8 Å². The van der Waals surface area contributed by atoms with Crippen LogP contribution in [0.2, 0.25) is 10.0 Å². The fourth-order valence-electron chi connectivity index (χ4n) is 1.12. The van der Waals surface area contributed by atoms with E-state index >= 15 is 0 Å². The second kappa shape index (κ2) is 4.51. The lowest BCUT2D eigenvalue weighted by atomic mass is 10.2. The predicted octanol–water partition coefficient (Wildman–Crippen LogP) is 2.36. The zero-order chi connectivity index (χ0) is 11.5. The highest BCUT2D eigenvalue weighted by Gasteiger charge is 2.12. The maximum atomic E-state index is 11.7. The van der Waals surface area contributed by atoms with Crippen molar-refractivity contribution in [2.45, 2.75) is 0 Å². The Morgan fingerprint density at radius 2 is 2.19 bits per heavy atom. The first-order valence-electron chi connectivity index (χ1n) is 4.29. The number of amides is 1. The molecule has 7 heteroatoms. The van der Waals surface area contributed by atoms with Crippen molar-refractivity contribution >= 4 is 34.9 Å². The highest BCUT2D eigenvalue weighted by Crippen LogP contribution is 2.21. The van der Waals surface area contributed by atoms with Crippen molar-refractivity contribution in [2.24, 2.45) is 0 Å². The summed E-state index contributed by atoms with van der Waals surface area (Å²) in [5, 5.41) is 12.9. The van der Waals surface area contributed by atoms with Gasteiger partial charge in [-0.15, -0.1) is 5.10 Å². The molecular weight excluding hydrogens is 251 g/mol. The molecule has 0 aliphatic rings. The molecule has 0 radical (unpaired) electrons. The maximum Gasteiger partial charge on any atom is 0.258 e. The van der Waals surface area contributed by atoms with Gasteiger partial charge in [-0.1, -0.05) is 23.2 Å². The Labute approximate surface area is 101 Å². The molecule has 0 saturated carbocycles. The number of H-pyrrole nitrogens is 1. The van der Waals surface area contributed by atoms with E-state index in [0.29, 0.717) is 15.9 Å². The monoisotopic (exact) mass is 256 g/mol. The second-order valence-electron chi connectivity index (χ2n) is 2.93. The largest absolute Gasteiger partial charge is 0.304 e. The van der Waals surface area contributed by atoms with Crippen molar-refractivity contribution in [3.05, 3.63) is 40.0 Å². The summed E-state index contributed by atoms with van der Waals surface area (Å²) in [5.74, 6) is -0.0672. The Hall–Kier alpha value is -1.59. The van der Waals surface area contributed by atoms with Gasteiger partial charge >= 0.3 is 0 Å². The number of anilines is 1. The average molecular weight is 257 g/mol. The molecule has 1 aromatic carbocycles. The van der Waals surface area contributed by atoms with Crippen molar-refractivity contribution in [3.8, 4) is 0 Å². The molecule has 2 rings (SSSR count). The molecular formula is C9H6Cl2N4O. The zero-order valence-electron chi connectivity index (χ0n) is 7.87. The van der Waals surface area contributed by atoms with Gasteiger partial charge in [0.2, 0.25) is 0 Å². The van der Waals surface area contributed by atoms with Crippen LogP contribution in [-0.2, 0) is 0 Å². The minimum atomic E-state index is -0.388. The Balaban J connectivity index is 2.24. The third-order valence-electron chi connectivity index (χ3n) is 1.83. The first-order valence-corrected chi connectivity index (χ1v) is 5.04. The summed E-state index contributed by atoms with van der Waals surface area (Å²) in [7, 11) is 0. The second-order valence-corrected chi connectivity index (χ2v) is 3.78. The normalized spacial score (nSPS) is 10.1. The van der Waals surface area contributed by atoms with Crippen molar-refractivity contribution in [1.82, 2.24) is 15.4 Å². The van der Waals surface area contributed by atoms with Crippen LogP contribution in [0.4, 0.5) is 5.82 Å². The van der Waals surface area contributed by atoms with E-state index in [4.69, 9.17) is 23.2 Å². The lowest BCUT2D eigenvalue weighted by molar-refractivity contribution is 0.102. The van der Waals surface area contributed by atoms with E-state index in [2.05, 4.69) is 20.7 Å². The summed E-state index contributed by atoms with van der Waals surface area (Å²) in [6, 6.07) is 4.65. The van der Waals surface area contributed by atoms with Gasteiger partial charge in [-0.25, -0.2) is 0 Å². The summed E-state index contributed by atoms with van der Waals surface area (Å²) >= 11 is 11.6. The summed E-state index contributed by atoms with van der Waals surface area (Å²) in [5.41, 5.74) is 0.289. The molecule has 0 saturated heterocycles. The summed E-state index contributed by atoms with van der Waals surface area (Å²) in [4.78, 5) is 11.7. The van der Waals surface area contributed by atoms with Gasteiger partial charge in [0, 0.05) is 5.02 Å². The van der Waals surface area contributed by atoms with E-state index in [9.17, 15) is 4.79 Å². The zero-order valence-corrected chi connectivity index (χ0v) is 9.38. The third-order valence-corrected chi connectivity index (χ3v) is 2.39. The Morgan fingerprint density at radius 1 is 1.38 bits per heavy atom. The van der Waals surface area contributed by atoms with E-state index in [1.807, 2.05) is 0 Å². The highest BCUT2D eigenvalue weighted by molar-refractivity contribution is 6.36. The number of nitrogens with one attached hydrogen (secondary N) is 2. The van der Waals surface area contributed by atoms with Gasteiger partial charge < -0.3 is 5.32 Å². The molecule has 5 nitrogen and oxygen atoms in total. The van der Waals surface area contributed by atoms with Crippen LogP contribution in [0.15, 0.2) is 24.4 Å². The van der Waals surface area contributed by atoms with Gasteiger partial charge in [0.25, 0.3) is 5.91 Å². The number of rotatable bonds is 2. The fourth-order valence-corrected chi connectivity index (χ4v) is 1.49. The van der Waals surface area contributed by atoms with Crippen LogP contribution in [-0.4, -0.2) is 21.3 Å². The van der Waals surface area contributed by atoms with Crippen LogP contribution < -0.4 is 5.32 Å². The molecule has 0 aliphatic heterocycles. The number of hydrogen-bond donors (Lipinski definition) is 2. The van der Waals surface area contributed by atoms with E-state index in [0.717, 1.165) is 0 Å².